The standard InChI is InChI=1S/C14H17ClN2O/c1-18-10-13(8-15)17-9-12-5-2-4-11-6-3-7-16-14(11)12/h2-7,13,17H,8-10H2,1H3. The Morgan fingerprint density at radius 2 is 2.17 bits per heavy atom. The smallest absolute Gasteiger partial charge is 0.0746 e. The van der Waals surface area contributed by atoms with Gasteiger partial charge in [-0.05, 0) is 11.6 Å². The summed E-state index contributed by atoms with van der Waals surface area (Å²) in [6.07, 6.45) is 1.82. The van der Waals surface area contributed by atoms with Crippen LogP contribution in [0.3, 0.4) is 0 Å². The van der Waals surface area contributed by atoms with Crippen molar-refractivity contribution in [3.63, 3.8) is 0 Å². The highest BCUT2D eigenvalue weighted by Gasteiger charge is 2.07. The molecule has 0 aliphatic carbocycles. The molecule has 0 saturated heterocycles. The van der Waals surface area contributed by atoms with Crippen LogP contribution in [0.5, 0.6) is 0 Å². The van der Waals surface area contributed by atoms with Crippen molar-refractivity contribution in [1.29, 1.82) is 0 Å². The number of para-hydroxylation sites is 1. The number of benzene rings is 1. The lowest BCUT2D eigenvalue weighted by molar-refractivity contribution is 0.173. The molecule has 1 N–H and O–H groups in total. The largest absolute Gasteiger partial charge is 0.383 e. The maximum atomic E-state index is 5.87. The summed E-state index contributed by atoms with van der Waals surface area (Å²) >= 11 is 5.87. The van der Waals surface area contributed by atoms with E-state index in [2.05, 4.69) is 28.5 Å². The van der Waals surface area contributed by atoms with Crippen LogP contribution < -0.4 is 5.32 Å². The van der Waals surface area contributed by atoms with Crippen molar-refractivity contribution in [2.45, 2.75) is 12.6 Å². The molecule has 2 rings (SSSR count). The highest BCUT2D eigenvalue weighted by molar-refractivity contribution is 6.18. The first-order valence-electron chi connectivity index (χ1n) is 5.96. The highest BCUT2D eigenvalue weighted by atomic mass is 35.5. The summed E-state index contributed by atoms with van der Waals surface area (Å²) in [5, 5.41) is 4.54. The highest BCUT2D eigenvalue weighted by Crippen LogP contribution is 2.15. The number of alkyl halides is 1. The minimum Gasteiger partial charge on any atom is -0.383 e. The zero-order chi connectivity index (χ0) is 12.8. The van der Waals surface area contributed by atoms with E-state index in [0.29, 0.717) is 12.5 Å². The monoisotopic (exact) mass is 264 g/mol. The van der Waals surface area contributed by atoms with Gasteiger partial charge in [-0.3, -0.25) is 4.98 Å². The van der Waals surface area contributed by atoms with Crippen LogP contribution in [0.15, 0.2) is 36.5 Å². The molecule has 0 saturated carbocycles. The lowest BCUT2D eigenvalue weighted by Crippen LogP contribution is -2.34. The number of halogens is 1. The summed E-state index contributed by atoms with van der Waals surface area (Å²) in [6.45, 7) is 1.36. The second-order valence-electron chi connectivity index (χ2n) is 4.18. The number of rotatable bonds is 6. The fourth-order valence-corrected chi connectivity index (χ4v) is 2.12. The molecule has 18 heavy (non-hydrogen) atoms. The number of pyridine rings is 1. The summed E-state index contributed by atoms with van der Waals surface area (Å²) in [6, 6.07) is 10.4. The molecule has 0 radical (unpaired) electrons. The van der Waals surface area contributed by atoms with Gasteiger partial charge < -0.3 is 10.1 Å². The molecule has 4 heteroatoms. The Morgan fingerprint density at radius 3 is 2.94 bits per heavy atom. The Kier molecular flexibility index (Phi) is 4.93. The molecular formula is C14H17ClN2O. The zero-order valence-electron chi connectivity index (χ0n) is 10.4. The van der Waals surface area contributed by atoms with Gasteiger partial charge in [-0.2, -0.15) is 0 Å². The molecule has 0 bridgehead atoms. The number of fused-ring (bicyclic) bond motifs is 1. The van der Waals surface area contributed by atoms with Crippen LogP contribution in [0.2, 0.25) is 0 Å². The Balaban J connectivity index is 2.11. The minimum absolute atomic E-state index is 0.163. The molecule has 0 spiro atoms. The third-order valence-corrected chi connectivity index (χ3v) is 3.22. The van der Waals surface area contributed by atoms with E-state index >= 15 is 0 Å². The van der Waals surface area contributed by atoms with Gasteiger partial charge >= 0.3 is 0 Å². The molecule has 96 valence electrons. The van der Waals surface area contributed by atoms with E-state index in [9.17, 15) is 0 Å². The molecule has 1 atom stereocenters. The Bertz CT molecular complexity index is 499. The number of hydrogen-bond donors (Lipinski definition) is 1. The number of ether oxygens (including phenoxy) is 1. The van der Waals surface area contributed by atoms with Gasteiger partial charge in [0.25, 0.3) is 0 Å². The summed E-state index contributed by atoms with van der Waals surface area (Å²) in [5.74, 6) is 0.534. The summed E-state index contributed by atoms with van der Waals surface area (Å²) in [4.78, 5) is 4.43. The van der Waals surface area contributed by atoms with Crippen LogP contribution in [-0.4, -0.2) is 30.6 Å². The van der Waals surface area contributed by atoms with Crippen molar-refractivity contribution in [1.82, 2.24) is 10.3 Å². The minimum atomic E-state index is 0.163. The van der Waals surface area contributed by atoms with Gasteiger partial charge in [0.05, 0.1) is 12.1 Å². The number of nitrogens with one attached hydrogen (secondary N) is 1. The molecule has 0 amide bonds. The first kappa shape index (κ1) is 13.3. The fourth-order valence-electron chi connectivity index (χ4n) is 1.92. The third-order valence-electron chi connectivity index (χ3n) is 2.85. The predicted molar refractivity (Wildman–Crippen MR) is 75.0 cm³/mol. The van der Waals surface area contributed by atoms with E-state index in [1.165, 1.54) is 5.56 Å². The Labute approximate surface area is 112 Å². The van der Waals surface area contributed by atoms with Crippen molar-refractivity contribution < 1.29 is 4.74 Å². The molecule has 1 aromatic carbocycles. The predicted octanol–water partition coefficient (Wildman–Crippen LogP) is 2.58. The van der Waals surface area contributed by atoms with Crippen molar-refractivity contribution in [3.05, 3.63) is 42.1 Å². The number of hydrogen-bond acceptors (Lipinski definition) is 3. The lowest BCUT2D eigenvalue weighted by atomic mass is 10.1. The van der Waals surface area contributed by atoms with Gasteiger partial charge in [0.1, 0.15) is 0 Å². The molecule has 0 aliphatic heterocycles. The van der Waals surface area contributed by atoms with Crippen LogP contribution in [0.1, 0.15) is 5.56 Å². The van der Waals surface area contributed by atoms with Crippen molar-refractivity contribution >= 4 is 22.5 Å². The van der Waals surface area contributed by atoms with E-state index < -0.39 is 0 Å². The summed E-state index contributed by atoms with van der Waals surface area (Å²) in [7, 11) is 1.68. The molecule has 1 aromatic heterocycles. The van der Waals surface area contributed by atoms with E-state index in [4.69, 9.17) is 16.3 Å². The van der Waals surface area contributed by atoms with E-state index in [0.717, 1.165) is 17.4 Å². The Hall–Kier alpha value is -1.16. The third kappa shape index (κ3) is 3.19. The average Bonchev–Trinajstić information content (AvgIpc) is 2.43. The Morgan fingerprint density at radius 1 is 1.33 bits per heavy atom. The van der Waals surface area contributed by atoms with Crippen LogP contribution in [-0.2, 0) is 11.3 Å². The molecule has 0 fully saturated rings. The first-order chi connectivity index (χ1) is 8.85. The van der Waals surface area contributed by atoms with Gasteiger partial charge in [-0.1, -0.05) is 24.3 Å². The summed E-state index contributed by atoms with van der Waals surface area (Å²) < 4.78 is 5.11. The normalized spacial score (nSPS) is 12.8. The number of aromatic nitrogens is 1. The van der Waals surface area contributed by atoms with Crippen molar-refractivity contribution in [2.75, 3.05) is 19.6 Å². The number of methoxy groups -OCH3 is 1. The van der Waals surface area contributed by atoms with Crippen LogP contribution in [0, 0.1) is 0 Å². The van der Waals surface area contributed by atoms with Gasteiger partial charge in [-0.15, -0.1) is 11.6 Å². The second-order valence-corrected chi connectivity index (χ2v) is 4.49. The molecular weight excluding hydrogens is 248 g/mol. The second kappa shape index (κ2) is 6.69. The zero-order valence-corrected chi connectivity index (χ0v) is 11.2. The van der Waals surface area contributed by atoms with Gasteiger partial charge in [0.15, 0.2) is 0 Å². The quantitative estimate of drug-likeness (QED) is 0.815. The van der Waals surface area contributed by atoms with E-state index in [1.54, 1.807) is 7.11 Å². The topological polar surface area (TPSA) is 34.1 Å². The summed E-state index contributed by atoms with van der Waals surface area (Å²) in [5.41, 5.74) is 2.22. The molecule has 0 aliphatic rings. The van der Waals surface area contributed by atoms with Crippen molar-refractivity contribution in [2.24, 2.45) is 0 Å². The van der Waals surface area contributed by atoms with E-state index in [-0.39, 0.29) is 6.04 Å². The molecule has 3 nitrogen and oxygen atoms in total. The van der Waals surface area contributed by atoms with Crippen LogP contribution >= 0.6 is 11.6 Å². The van der Waals surface area contributed by atoms with E-state index in [1.807, 2.05) is 18.3 Å². The first-order valence-corrected chi connectivity index (χ1v) is 6.49. The maximum absolute atomic E-state index is 5.87. The maximum Gasteiger partial charge on any atom is 0.0746 e. The molecule has 1 heterocycles. The molecule has 2 aromatic rings. The molecule has 1 unspecified atom stereocenters. The van der Waals surface area contributed by atoms with Crippen molar-refractivity contribution in [3.8, 4) is 0 Å². The fraction of sp³-hybridized carbons (Fsp3) is 0.357. The number of nitrogens with zero attached hydrogens (tertiary/aromatic N) is 1. The van der Waals surface area contributed by atoms with Gasteiger partial charge in [-0.25, -0.2) is 0 Å². The lowest BCUT2D eigenvalue weighted by Gasteiger charge is -2.15. The van der Waals surface area contributed by atoms with Crippen LogP contribution in [0.4, 0.5) is 0 Å². The van der Waals surface area contributed by atoms with Gasteiger partial charge in [0, 0.05) is 37.2 Å². The van der Waals surface area contributed by atoms with Crippen LogP contribution in [0.25, 0.3) is 10.9 Å². The SMILES string of the molecule is COCC(CCl)NCc1cccc2cccnc12. The average molecular weight is 265 g/mol. The van der Waals surface area contributed by atoms with Gasteiger partial charge in [0.2, 0.25) is 0 Å².